The summed E-state index contributed by atoms with van der Waals surface area (Å²) < 4.78 is 16.8. The predicted octanol–water partition coefficient (Wildman–Crippen LogP) is 5.56. The number of benzene rings is 2. The van der Waals surface area contributed by atoms with Gasteiger partial charge in [0, 0.05) is 16.2 Å². The van der Waals surface area contributed by atoms with E-state index in [2.05, 4.69) is 10.3 Å². The zero-order valence-corrected chi connectivity index (χ0v) is 15.6. The molecule has 0 saturated heterocycles. The number of nitrogens with one attached hydrogen (secondary N) is 1. The van der Waals surface area contributed by atoms with Gasteiger partial charge in [-0.3, -0.25) is 10.1 Å². The van der Waals surface area contributed by atoms with E-state index in [0.29, 0.717) is 33.5 Å². The number of thiazole rings is 1. The SMILES string of the molecule is COc1cccc2cc(-c3csc(NC(=O)c4cc5ccccc5o4)n3)oc12. The summed E-state index contributed by atoms with van der Waals surface area (Å²) in [7, 11) is 1.60. The number of furan rings is 2. The molecule has 1 N–H and O–H groups in total. The molecule has 7 heteroatoms. The van der Waals surface area contributed by atoms with Crippen LogP contribution in [0, 0.1) is 0 Å². The van der Waals surface area contributed by atoms with Crippen LogP contribution in [0.2, 0.25) is 0 Å². The van der Waals surface area contributed by atoms with Crippen LogP contribution < -0.4 is 10.1 Å². The molecule has 0 bridgehead atoms. The molecule has 6 nitrogen and oxygen atoms in total. The fourth-order valence-electron chi connectivity index (χ4n) is 3.02. The Labute approximate surface area is 163 Å². The van der Waals surface area contributed by atoms with Crippen LogP contribution in [0.1, 0.15) is 10.6 Å². The number of ether oxygens (including phenoxy) is 1. The second-order valence-corrected chi connectivity index (χ2v) is 6.99. The molecule has 3 aromatic heterocycles. The number of anilines is 1. The molecule has 5 rings (SSSR count). The van der Waals surface area contributed by atoms with Crippen molar-refractivity contribution in [2.45, 2.75) is 0 Å². The van der Waals surface area contributed by atoms with Crippen LogP contribution in [0.25, 0.3) is 33.4 Å². The molecule has 0 radical (unpaired) electrons. The van der Waals surface area contributed by atoms with Crippen molar-refractivity contribution in [1.82, 2.24) is 4.98 Å². The number of nitrogens with zero attached hydrogens (tertiary/aromatic N) is 1. The Morgan fingerprint density at radius 2 is 1.93 bits per heavy atom. The van der Waals surface area contributed by atoms with Crippen molar-refractivity contribution in [3.63, 3.8) is 0 Å². The fourth-order valence-corrected chi connectivity index (χ4v) is 3.71. The second-order valence-electron chi connectivity index (χ2n) is 6.13. The fraction of sp³-hybridized carbons (Fsp3) is 0.0476. The highest BCUT2D eigenvalue weighted by atomic mass is 32.1. The quantitative estimate of drug-likeness (QED) is 0.434. The molecule has 0 atom stereocenters. The molecule has 0 fully saturated rings. The summed E-state index contributed by atoms with van der Waals surface area (Å²) in [5.41, 5.74) is 1.98. The van der Waals surface area contributed by atoms with Gasteiger partial charge in [0.1, 0.15) is 11.3 Å². The molecule has 0 spiro atoms. The Balaban J connectivity index is 1.41. The Morgan fingerprint density at radius 1 is 1.07 bits per heavy atom. The lowest BCUT2D eigenvalue weighted by atomic mass is 10.2. The average Bonchev–Trinajstić information content (AvgIpc) is 3.44. The molecule has 3 heterocycles. The van der Waals surface area contributed by atoms with Crippen molar-refractivity contribution in [3.05, 3.63) is 65.7 Å². The topological polar surface area (TPSA) is 77.5 Å². The van der Waals surface area contributed by atoms with Gasteiger partial charge in [0.25, 0.3) is 5.91 Å². The predicted molar refractivity (Wildman–Crippen MR) is 108 cm³/mol. The first-order valence-electron chi connectivity index (χ1n) is 8.53. The van der Waals surface area contributed by atoms with Crippen LogP contribution in [-0.2, 0) is 0 Å². The van der Waals surface area contributed by atoms with Gasteiger partial charge in [-0.05, 0) is 24.3 Å². The van der Waals surface area contributed by atoms with Gasteiger partial charge in [0.15, 0.2) is 28.0 Å². The zero-order chi connectivity index (χ0) is 19.1. The number of carbonyl (C=O) groups is 1. The summed E-state index contributed by atoms with van der Waals surface area (Å²) in [5, 5.41) is 6.88. The minimum Gasteiger partial charge on any atom is -0.493 e. The van der Waals surface area contributed by atoms with E-state index in [1.807, 2.05) is 53.9 Å². The van der Waals surface area contributed by atoms with E-state index in [1.54, 1.807) is 13.2 Å². The first-order chi connectivity index (χ1) is 13.7. The van der Waals surface area contributed by atoms with E-state index in [1.165, 1.54) is 11.3 Å². The molecule has 0 aliphatic carbocycles. The van der Waals surface area contributed by atoms with Crippen LogP contribution in [-0.4, -0.2) is 18.0 Å². The maximum absolute atomic E-state index is 12.5. The summed E-state index contributed by atoms with van der Waals surface area (Å²) in [5.74, 6) is 1.17. The monoisotopic (exact) mass is 390 g/mol. The van der Waals surface area contributed by atoms with Gasteiger partial charge in [-0.2, -0.15) is 0 Å². The van der Waals surface area contributed by atoms with Gasteiger partial charge in [-0.15, -0.1) is 11.3 Å². The molecule has 0 saturated carbocycles. The number of methoxy groups -OCH3 is 1. The Hall–Kier alpha value is -3.58. The number of aromatic nitrogens is 1. The molecular formula is C21H14N2O4S. The smallest absolute Gasteiger partial charge is 0.293 e. The van der Waals surface area contributed by atoms with Crippen LogP contribution in [0.15, 0.2) is 68.8 Å². The highest BCUT2D eigenvalue weighted by Crippen LogP contribution is 2.34. The van der Waals surface area contributed by atoms with Crippen LogP contribution in [0.3, 0.4) is 0 Å². The second kappa shape index (κ2) is 6.54. The number of rotatable bonds is 4. The van der Waals surface area contributed by atoms with Gasteiger partial charge in [-0.1, -0.05) is 30.3 Å². The van der Waals surface area contributed by atoms with Crippen molar-refractivity contribution in [2.75, 3.05) is 12.4 Å². The van der Waals surface area contributed by atoms with E-state index in [9.17, 15) is 4.79 Å². The van der Waals surface area contributed by atoms with Gasteiger partial charge in [0.05, 0.1) is 7.11 Å². The van der Waals surface area contributed by atoms with E-state index in [-0.39, 0.29) is 11.7 Å². The first kappa shape index (κ1) is 16.6. The highest BCUT2D eigenvalue weighted by Gasteiger charge is 2.16. The van der Waals surface area contributed by atoms with Crippen LogP contribution in [0.5, 0.6) is 5.75 Å². The van der Waals surface area contributed by atoms with Gasteiger partial charge in [-0.25, -0.2) is 4.98 Å². The number of para-hydroxylation sites is 2. The Bertz CT molecular complexity index is 1280. The summed E-state index contributed by atoms with van der Waals surface area (Å²) in [6.07, 6.45) is 0. The van der Waals surface area contributed by atoms with Crippen molar-refractivity contribution < 1.29 is 18.4 Å². The third-order valence-corrected chi connectivity index (χ3v) is 5.11. The molecule has 5 aromatic rings. The van der Waals surface area contributed by atoms with Crippen molar-refractivity contribution in [1.29, 1.82) is 0 Å². The normalized spacial score (nSPS) is 11.2. The molecular weight excluding hydrogens is 376 g/mol. The minimum atomic E-state index is -0.344. The lowest BCUT2D eigenvalue weighted by Crippen LogP contribution is -2.10. The Morgan fingerprint density at radius 3 is 2.79 bits per heavy atom. The number of hydrogen-bond acceptors (Lipinski definition) is 6. The highest BCUT2D eigenvalue weighted by molar-refractivity contribution is 7.14. The molecule has 0 unspecified atom stereocenters. The van der Waals surface area contributed by atoms with Gasteiger partial charge < -0.3 is 13.6 Å². The number of hydrogen-bond donors (Lipinski definition) is 1. The zero-order valence-electron chi connectivity index (χ0n) is 14.8. The third-order valence-electron chi connectivity index (χ3n) is 4.35. The van der Waals surface area contributed by atoms with Gasteiger partial charge >= 0.3 is 0 Å². The average molecular weight is 390 g/mol. The Kier molecular flexibility index (Phi) is 3.87. The maximum atomic E-state index is 12.5. The van der Waals surface area contributed by atoms with Crippen LogP contribution >= 0.6 is 11.3 Å². The van der Waals surface area contributed by atoms with Crippen molar-refractivity contribution >= 4 is 44.3 Å². The summed E-state index contributed by atoms with van der Waals surface area (Å²) in [6, 6.07) is 16.8. The summed E-state index contributed by atoms with van der Waals surface area (Å²) >= 11 is 1.32. The van der Waals surface area contributed by atoms with E-state index in [4.69, 9.17) is 13.6 Å². The standard InChI is InChI=1S/C21H14N2O4S/c1-25-16-8-4-6-13-10-17(27-19(13)16)14-11-28-21(22-14)23-20(24)18-9-12-5-2-3-7-15(12)26-18/h2-11H,1H3,(H,22,23,24). The van der Waals surface area contributed by atoms with E-state index >= 15 is 0 Å². The summed E-state index contributed by atoms with van der Waals surface area (Å²) in [6.45, 7) is 0. The van der Waals surface area contributed by atoms with Crippen molar-refractivity contribution in [2.24, 2.45) is 0 Å². The lowest BCUT2D eigenvalue weighted by Gasteiger charge is -1.98. The van der Waals surface area contributed by atoms with E-state index < -0.39 is 0 Å². The first-order valence-corrected chi connectivity index (χ1v) is 9.41. The summed E-state index contributed by atoms with van der Waals surface area (Å²) in [4.78, 5) is 16.9. The molecule has 0 aliphatic heterocycles. The largest absolute Gasteiger partial charge is 0.493 e. The molecule has 2 aromatic carbocycles. The molecule has 0 aliphatic rings. The van der Waals surface area contributed by atoms with Crippen molar-refractivity contribution in [3.8, 4) is 17.2 Å². The molecule has 1 amide bonds. The van der Waals surface area contributed by atoms with E-state index in [0.717, 1.165) is 10.8 Å². The number of amides is 1. The lowest BCUT2D eigenvalue weighted by molar-refractivity contribution is 0.0998. The van der Waals surface area contributed by atoms with Gasteiger partial charge in [0.2, 0.25) is 0 Å². The third kappa shape index (κ3) is 2.82. The maximum Gasteiger partial charge on any atom is 0.293 e. The number of carbonyl (C=O) groups excluding carboxylic acids is 1. The molecule has 138 valence electrons. The molecule has 28 heavy (non-hydrogen) atoms. The number of fused-ring (bicyclic) bond motifs is 2. The van der Waals surface area contributed by atoms with Crippen LogP contribution in [0.4, 0.5) is 5.13 Å². The minimum absolute atomic E-state index is 0.242.